The molecule has 22 heavy (non-hydrogen) atoms. The van der Waals surface area contributed by atoms with E-state index in [0.29, 0.717) is 10.9 Å². The van der Waals surface area contributed by atoms with Crippen molar-refractivity contribution in [2.24, 2.45) is 5.73 Å². The van der Waals surface area contributed by atoms with E-state index in [-0.39, 0.29) is 17.9 Å². The quantitative estimate of drug-likeness (QED) is 0.816. The summed E-state index contributed by atoms with van der Waals surface area (Å²) >= 11 is 0. The predicted molar refractivity (Wildman–Crippen MR) is 79.2 cm³/mol. The van der Waals surface area contributed by atoms with Crippen LogP contribution in [0.2, 0.25) is 0 Å². The van der Waals surface area contributed by atoms with Gasteiger partial charge in [-0.1, -0.05) is 6.07 Å². The lowest BCUT2D eigenvalue weighted by molar-refractivity contribution is -0.121. The molecule has 8 heteroatoms. The number of fused-ring (bicyclic) bond motifs is 1. The topological polar surface area (TPSA) is 114 Å². The first kappa shape index (κ1) is 14.9. The molecule has 116 valence electrons. The highest BCUT2D eigenvalue weighted by Gasteiger charge is 2.43. The zero-order valence-corrected chi connectivity index (χ0v) is 12.4. The molecule has 1 aliphatic rings. The third-order valence-corrected chi connectivity index (χ3v) is 5.69. The van der Waals surface area contributed by atoms with E-state index in [4.69, 9.17) is 5.73 Å². The first-order valence-electron chi connectivity index (χ1n) is 6.74. The Morgan fingerprint density at radius 1 is 1.32 bits per heavy atom. The number of hydrogen-bond donors (Lipinski definition) is 2. The van der Waals surface area contributed by atoms with Crippen LogP contribution in [-0.2, 0) is 14.8 Å². The normalized spacial score (nSPS) is 23.0. The van der Waals surface area contributed by atoms with Gasteiger partial charge in [0.15, 0.2) is 0 Å². The summed E-state index contributed by atoms with van der Waals surface area (Å²) < 4.78 is 26.8. The van der Waals surface area contributed by atoms with Crippen molar-refractivity contribution in [2.75, 3.05) is 6.54 Å². The Balaban J connectivity index is 2.14. The summed E-state index contributed by atoms with van der Waals surface area (Å²) in [6.07, 6.45) is 0.683. The van der Waals surface area contributed by atoms with Gasteiger partial charge in [-0.25, -0.2) is 8.42 Å². The predicted octanol–water partition coefficient (Wildman–Crippen LogP) is -0.156. The van der Waals surface area contributed by atoms with Crippen molar-refractivity contribution in [1.82, 2.24) is 9.29 Å². The molecule has 2 atom stereocenters. The molecule has 0 unspecified atom stereocenters. The van der Waals surface area contributed by atoms with Gasteiger partial charge in [-0.15, -0.1) is 0 Å². The van der Waals surface area contributed by atoms with Crippen LogP contribution in [0.1, 0.15) is 6.42 Å². The van der Waals surface area contributed by atoms with E-state index < -0.39 is 28.1 Å². The van der Waals surface area contributed by atoms with Crippen LogP contribution in [0.5, 0.6) is 0 Å². The van der Waals surface area contributed by atoms with Crippen LogP contribution < -0.4 is 5.73 Å². The summed E-state index contributed by atoms with van der Waals surface area (Å²) in [6, 6.07) is 7.02. The molecule has 3 N–H and O–H groups in total. The Morgan fingerprint density at radius 3 is 2.82 bits per heavy atom. The summed E-state index contributed by atoms with van der Waals surface area (Å²) in [7, 11) is -3.96. The van der Waals surface area contributed by atoms with Crippen molar-refractivity contribution >= 4 is 26.8 Å². The third kappa shape index (κ3) is 2.35. The number of nitrogens with zero attached hydrogens (tertiary/aromatic N) is 2. The maximum absolute atomic E-state index is 12.9. The number of aliphatic hydroxyl groups excluding tert-OH is 1. The molecular weight excluding hydrogens is 306 g/mol. The number of aromatic nitrogens is 1. The monoisotopic (exact) mass is 321 g/mol. The highest BCUT2D eigenvalue weighted by molar-refractivity contribution is 7.89. The lowest BCUT2D eigenvalue weighted by atomic mass is 10.2. The first-order valence-corrected chi connectivity index (χ1v) is 8.18. The minimum atomic E-state index is -3.96. The molecule has 0 aliphatic carbocycles. The van der Waals surface area contributed by atoms with Gasteiger partial charge in [0.05, 0.1) is 16.5 Å². The van der Waals surface area contributed by atoms with E-state index >= 15 is 0 Å². The number of benzene rings is 1. The van der Waals surface area contributed by atoms with E-state index in [1.807, 2.05) is 0 Å². The van der Waals surface area contributed by atoms with Gasteiger partial charge in [-0.2, -0.15) is 4.31 Å². The number of rotatable bonds is 3. The van der Waals surface area contributed by atoms with Crippen LogP contribution >= 0.6 is 0 Å². The lowest BCUT2D eigenvalue weighted by Gasteiger charge is -2.22. The second-order valence-electron chi connectivity index (χ2n) is 5.21. The van der Waals surface area contributed by atoms with Crippen molar-refractivity contribution in [3.05, 3.63) is 36.5 Å². The van der Waals surface area contributed by atoms with Crippen LogP contribution in [0.15, 0.2) is 41.4 Å². The highest BCUT2D eigenvalue weighted by Crippen LogP contribution is 2.30. The Morgan fingerprint density at radius 2 is 2.09 bits per heavy atom. The highest BCUT2D eigenvalue weighted by atomic mass is 32.2. The van der Waals surface area contributed by atoms with Gasteiger partial charge in [0.2, 0.25) is 15.9 Å². The van der Waals surface area contributed by atoms with E-state index in [2.05, 4.69) is 4.98 Å². The summed E-state index contributed by atoms with van der Waals surface area (Å²) in [5.41, 5.74) is 5.81. The number of pyridine rings is 1. The SMILES string of the molecule is NC(=O)[C@@H]1C[C@@H](O)CN1S(=O)(=O)c1cccc2ncccc12. The van der Waals surface area contributed by atoms with Gasteiger partial charge in [-0.3, -0.25) is 9.78 Å². The molecule has 2 heterocycles. The number of sulfonamides is 1. The molecule has 0 saturated carbocycles. The smallest absolute Gasteiger partial charge is 0.244 e. The maximum Gasteiger partial charge on any atom is 0.244 e. The second kappa shape index (κ2) is 5.31. The Kier molecular flexibility index (Phi) is 3.59. The molecule has 7 nitrogen and oxygen atoms in total. The zero-order chi connectivity index (χ0) is 15.9. The molecule has 0 spiro atoms. The van der Waals surface area contributed by atoms with Crippen LogP contribution in [-0.4, -0.2) is 47.4 Å². The lowest BCUT2D eigenvalue weighted by Crippen LogP contribution is -2.43. The molecule has 1 aliphatic heterocycles. The number of primary amides is 1. The average molecular weight is 321 g/mol. The minimum absolute atomic E-state index is 0.0115. The van der Waals surface area contributed by atoms with Crippen molar-refractivity contribution in [1.29, 1.82) is 0 Å². The van der Waals surface area contributed by atoms with Crippen LogP contribution in [0, 0.1) is 0 Å². The molecular formula is C14H15N3O4S. The largest absolute Gasteiger partial charge is 0.392 e. The maximum atomic E-state index is 12.9. The van der Waals surface area contributed by atoms with Gasteiger partial charge in [0, 0.05) is 24.5 Å². The van der Waals surface area contributed by atoms with Crippen molar-refractivity contribution in [3.8, 4) is 0 Å². The summed E-state index contributed by atoms with van der Waals surface area (Å²) in [5.74, 6) is -0.765. The number of carbonyl (C=O) groups excluding carboxylic acids is 1. The Labute approximate surface area is 127 Å². The Hall–Kier alpha value is -2.03. The van der Waals surface area contributed by atoms with Crippen LogP contribution in [0.3, 0.4) is 0 Å². The molecule has 3 rings (SSSR count). The molecule has 0 radical (unpaired) electrons. The van der Waals surface area contributed by atoms with Crippen molar-refractivity contribution in [3.63, 3.8) is 0 Å². The standard InChI is InChI=1S/C14H15N3O4S/c15-14(19)12-7-9(18)8-17(12)22(20,21)13-5-1-4-11-10(13)3-2-6-16-11/h1-6,9,12,18H,7-8H2,(H2,15,19)/t9-,12+/m1/s1. The summed E-state index contributed by atoms with van der Waals surface area (Å²) in [5, 5.41) is 10.2. The number of nitrogens with two attached hydrogens (primary N) is 1. The molecule has 1 saturated heterocycles. The molecule has 1 aromatic carbocycles. The van der Waals surface area contributed by atoms with Crippen LogP contribution in [0.25, 0.3) is 10.9 Å². The number of hydrogen-bond acceptors (Lipinski definition) is 5. The van der Waals surface area contributed by atoms with Gasteiger partial charge in [-0.05, 0) is 24.3 Å². The first-order chi connectivity index (χ1) is 10.4. The van der Waals surface area contributed by atoms with Gasteiger partial charge in [0.1, 0.15) is 6.04 Å². The molecule has 0 bridgehead atoms. The third-order valence-electron chi connectivity index (χ3n) is 3.75. The van der Waals surface area contributed by atoms with Crippen LogP contribution in [0.4, 0.5) is 0 Å². The fourth-order valence-electron chi connectivity index (χ4n) is 2.73. The number of β-amino-alcohol motifs (C(OH)–C–C–N with tert-alkyl or cyclic N) is 1. The van der Waals surface area contributed by atoms with E-state index in [0.717, 1.165) is 4.31 Å². The second-order valence-corrected chi connectivity index (χ2v) is 7.07. The zero-order valence-electron chi connectivity index (χ0n) is 11.6. The van der Waals surface area contributed by atoms with Gasteiger partial charge >= 0.3 is 0 Å². The van der Waals surface area contributed by atoms with Gasteiger partial charge < -0.3 is 10.8 Å². The molecule has 1 fully saturated rings. The number of amides is 1. The summed E-state index contributed by atoms with van der Waals surface area (Å²) in [4.78, 5) is 15.7. The Bertz CT molecular complexity index is 832. The molecule has 1 aromatic heterocycles. The van der Waals surface area contributed by atoms with E-state index in [9.17, 15) is 18.3 Å². The minimum Gasteiger partial charge on any atom is -0.392 e. The summed E-state index contributed by atoms with van der Waals surface area (Å²) in [6.45, 7) is -0.146. The average Bonchev–Trinajstić information content (AvgIpc) is 2.90. The fraction of sp³-hybridized carbons (Fsp3) is 0.286. The van der Waals surface area contributed by atoms with E-state index in [1.54, 1.807) is 30.5 Å². The number of carbonyl (C=O) groups is 1. The fourth-order valence-corrected chi connectivity index (χ4v) is 4.58. The number of aliphatic hydroxyl groups is 1. The van der Waals surface area contributed by atoms with E-state index in [1.165, 1.54) is 6.07 Å². The molecule has 2 aromatic rings. The molecule has 1 amide bonds. The van der Waals surface area contributed by atoms with Crippen molar-refractivity contribution < 1.29 is 18.3 Å². The van der Waals surface area contributed by atoms with Crippen molar-refractivity contribution in [2.45, 2.75) is 23.5 Å². The van der Waals surface area contributed by atoms with Gasteiger partial charge in [0.25, 0.3) is 0 Å².